The van der Waals surface area contributed by atoms with E-state index in [1.807, 2.05) is 0 Å². The van der Waals surface area contributed by atoms with Crippen LogP contribution in [-0.4, -0.2) is 25.6 Å². The van der Waals surface area contributed by atoms with Gasteiger partial charge in [-0.05, 0) is 91.8 Å². The molecule has 9 atom stereocenters. The van der Waals surface area contributed by atoms with E-state index >= 15 is 0 Å². The van der Waals surface area contributed by atoms with Gasteiger partial charge in [0.1, 0.15) is 0 Å². The minimum atomic E-state index is -0.523. The molecule has 9 unspecified atom stereocenters. The van der Waals surface area contributed by atoms with Gasteiger partial charge in [0.05, 0.1) is 0 Å². The highest BCUT2D eigenvalue weighted by molar-refractivity contribution is 6.36. The summed E-state index contributed by atoms with van der Waals surface area (Å²) in [7, 11) is -0.523. The van der Waals surface area contributed by atoms with Crippen LogP contribution in [0.2, 0.25) is 0 Å². The molecule has 0 aromatic carbocycles. The Balaban J connectivity index is 1.81. The van der Waals surface area contributed by atoms with Crippen molar-refractivity contribution in [3.8, 4) is 0 Å². The number of rotatable bonds is 9. The first kappa shape index (κ1) is 28.5. The van der Waals surface area contributed by atoms with Crippen molar-refractivity contribution in [3.63, 3.8) is 0 Å². The lowest BCUT2D eigenvalue weighted by Gasteiger charge is -2.43. The van der Waals surface area contributed by atoms with E-state index < -0.39 is 7.32 Å². The van der Waals surface area contributed by atoms with Gasteiger partial charge in [-0.1, -0.05) is 81.6 Å². The van der Waals surface area contributed by atoms with Crippen LogP contribution in [0, 0.1) is 53.3 Å². The van der Waals surface area contributed by atoms with Gasteiger partial charge in [0.2, 0.25) is 0 Å². The Labute approximate surface area is 213 Å². The second-order valence-corrected chi connectivity index (χ2v) is 13.8. The fourth-order valence-electron chi connectivity index (χ4n) is 7.34. The molecule has 34 heavy (non-hydrogen) atoms. The van der Waals surface area contributed by atoms with Gasteiger partial charge in [0, 0.05) is 18.3 Å². The van der Waals surface area contributed by atoms with E-state index in [4.69, 9.17) is 14.0 Å². The summed E-state index contributed by atoms with van der Waals surface area (Å²) in [5, 5.41) is 0. The van der Waals surface area contributed by atoms with Gasteiger partial charge in [-0.2, -0.15) is 0 Å². The van der Waals surface area contributed by atoms with Crippen LogP contribution in [0.3, 0.4) is 0 Å². The van der Waals surface area contributed by atoms with Gasteiger partial charge in [0.25, 0.3) is 0 Å². The van der Waals surface area contributed by atoms with Gasteiger partial charge >= 0.3 is 7.32 Å². The monoisotopic (exact) mass is 476 g/mol. The molecule has 3 nitrogen and oxygen atoms in total. The first-order valence-corrected chi connectivity index (χ1v) is 15.0. The van der Waals surface area contributed by atoms with Crippen molar-refractivity contribution in [3.05, 3.63) is 0 Å². The molecule has 198 valence electrons. The molecule has 0 bridgehead atoms. The summed E-state index contributed by atoms with van der Waals surface area (Å²) in [5.41, 5.74) is 0. The SMILES string of the molecule is CC1CCC(C(C)C)C(OB(OC2CC(C)CCC2C(C)C)OC2CC(C)CCC2C(C)C)C1. The highest BCUT2D eigenvalue weighted by Crippen LogP contribution is 2.40. The van der Waals surface area contributed by atoms with Crippen molar-refractivity contribution < 1.29 is 14.0 Å². The largest absolute Gasteiger partial charge is 0.640 e. The Morgan fingerprint density at radius 2 is 0.735 bits per heavy atom. The lowest BCUT2D eigenvalue weighted by atomic mass is 9.74. The van der Waals surface area contributed by atoms with E-state index in [0.29, 0.717) is 35.5 Å². The molecule has 0 N–H and O–H groups in total. The molecule has 3 fully saturated rings. The zero-order chi connectivity index (χ0) is 25.0. The predicted octanol–water partition coefficient (Wildman–Crippen LogP) is 8.40. The normalized spacial score (nSPS) is 39.7. The van der Waals surface area contributed by atoms with E-state index in [9.17, 15) is 0 Å². The fraction of sp³-hybridized carbons (Fsp3) is 1.00. The molecular weight excluding hydrogens is 419 g/mol. The van der Waals surface area contributed by atoms with Gasteiger partial charge < -0.3 is 14.0 Å². The number of hydrogen-bond donors (Lipinski definition) is 0. The minimum Gasteiger partial charge on any atom is -0.383 e. The highest BCUT2D eigenvalue weighted by Gasteiger charge is 2.43. The Bertz CT molecular complexity index is 513. The van der Waals surface area contributed by atoms with Crippen molar-refractivity contribution in [2.45, 2.75) is 138 Å². The van der Waals surface area contributed by atoms with Gasteiger partial charge in [-0.25, -0.2) is 0 Å². The Kier molecular flexibility index (Phi) is 10.9. The van der Waals surface area contributed by atoms with Crippen LogP contribution >= 0.6 is 0 Å². The summed E-state index contributed by atoms with van der Waals surface area (Å²) >= 11 is 0. The summed E-state index contributed by atoms with van der Waals surface area (Å²) in [4.78, 5) is 0. The maximum Gasteiger partial charge on any atom is 0.640 e. The van der Waals surface area contributed by atoms with Crippen molar-refractivity contribution in [2.75, 3.05) is 0 Å². The Morgan fingerprint density at radius 3 is 0.971 bits per heavy atom. The molecule has 3 rings (SSSR count). The third-order valence-electron chi connectivity index (χ3n) is 9.74. The first-order valence-electron chi connectivity index (χ1n) is 15.0. The predicted molar refractivity (Wildman–Crippen MR) is 144 cm³/mol. The van der Waals surface area contributed by atoms with Crippen LogP contribution < -0.4 is 0 Å². The molecule has 0 saturated heterocycles. The third kappa shape index (κ3) is 7.72. The van der Waals surface area contributed by atoms with E-state index in [2.05, 4.69) is 62.3 Å². The Hall–Kier alpha value is -0.0551. The summed E-state index contributed by atoms with van der Waals surface area (Å²) in [6.45, 7) is 21.3. The van der Waals surface area contributed by atoms with Crippen molar-refractivity contribution >= 4 is 7.32 Å². The highest BCUT2D eigenvalue weighted by atomic mass is 16.7. The molecule has 0 aromatic rings. The molecule has 4 heteroatoms. The molecule has 0 aromatic heterocycles. The lowest BCUT2D eigenvalue weighted by Crippen LogP contribution is -2.48. The van der Waals surface area contributed by atoms with Crippen LogP contribution in [0.5, 0.6) is 0 Å². The van der Waals surface area contributed by atoms with E-state index in [0.717, 1.165) is 37.0 Å². The summed E-state index contributed by atoms with van der Waals surface area (Å²) in [6.07, 6.45) is 11.9. The second kappa shape index (κ2) is 13.0. The quantitative estimate of drug-likeness (QED) is 0.313. The molecule has 0 aliphatic heterocycles. The number of hydrogen-bond acceptors (Lipinski definition) is 3. The minimum absolute atomic E-state index is 0.241. The molecular formula is C30H57BO3. The average molecular weight is 477 g/mol. The van der Waals surface area contributed by atoms with E-state index in [1.54, 1.807) is 0 Å². The third-order valence-corrected chi connectivity index (χ3v) is 9.74. The van der Waals surface area contributed by atoms with E-state index in [-0.39, 0.29) is 18.3 Å². The second-order valence-electron chi connectivity index (χ2n) is 13.8. The first-order chi connectivity index (χ1) is 16.0. The van der Waals surface area contributed by atoms with Crippen LogP contribution in [0.15, 0.2) is 0 Å². The van der Waals surface area contributed by atoms with E-state index in [1.165, 1.54) is 38.5 Å². The van der Waals surface area contributed by atoms with Gasteiger partial charge in [0.15, 0.2) is 0 Å². The van der Waals surface area contributed by atoms with Crippen LogP contribution in [0.1, 0.15) is 120 Å². The van der Waals surface area contributed by atoms with Crippen molar-refractivity contribution in [1.29, 1.82) is 0 Å². The van der Waals surface area contributed by atoms with Crippen molar-refractivity contribution in [2.24, 2.45) is 53.3 Å². The van der Waals surface area contributed by atoms with Crippen LogP contribution in [0.25, 0.3) is 0 Å². The van der Waals surface area contributed by atoms with Crippen LogP contribution in [-0.2, 0) is 14.0 Å². The zero-order valence-corrected chi connectivity index (χ0v) is 24.1. The van der Waals surface area contributed by atoms with Crippen LogP contribution in [0.4, 0.5) is 0 Å². The average Bonchev–Trinajstić information content (AvgIpc) is 2.73. The molecule has 0 radical (unpaired) electrons. The van der Waals surface area contributed by atoms with Crippen molar-refractivity contribution in [1.82, 2.24) is 0 Å². The van der Waals surface area contributed by atoms with Gasteiger partial charge in [-0.15, -0.1) is 0 Å². The summed E-state index contributed by atoms with van der Waals surface area (Å²) < 4.78 is 20.8. The molecule has 0 heterocycles. The topological polar surface area (TPSA) is 27.7 Å². The maximum atomic E-state index is 6.92. The lowest BCUT2D eigenvalue weighted by molar-refractivity contribution is -0.0763. The summed E-state index contributed by atoms with van der Waals surface area (Å²) in [6, 6.07) is 0. The summed E-state index contributed by atoms with van der Waals surface area (Å²) in [5.74, 6) is 5.86. The zero-order valence-electron chi connectivity index (χ0n) is 24.1. The molecule has 3 aliphatic rings. The molecule has 0 spiro atoms. The Morgan fingerprint density at radius 1 is 0.471 bits per heavy atom. The standard InChI is InChI=1S/C30H57BO3/c1-19(2)25-13-10-22(7)16-28(25)32-31(33-29-17-23(8)11-14-26(29)20(3)4)34-30-18-24(9)12-15-27(30)21(5)6/h19-30H,10-18H2,1-9H3. The van der Waals surface area contributed by atoms with Gasteiger partial charge in [-0.3, -0.25) is 0 Å². The molecule has 0 amide bonds. The smallest absolute Gasteiger partial charge is 0.383 e. The maximum absolute atomic E-state index is 6.92. The molecule has 3 saturated carbocycles. The fourth-order valence-corrected chi connectivity index (χ4v) is 7.34. The molecule has 3 aliphatic carbocycles.